The Morgan fingerprint density at radius 3 is 0.356 bits per heavy atom. The largest absolute Gasteiger partial charge is 2.00 e. The van der Waals surface area contributed by atoms with Crippen molar-refractivity contribution in [1.82, 2.24) is 19.6 Å². The number of hydrogen-bond acceptors (Lipinski definition) is 11. The van der Waals surface area contributed by atoms with E-state index in [-0.39, 0.29) is 54.0 Å². The molecule has 0 fully saturated rings. The first kappa shape index (κ1) is 117. The molecule has 536 valence electrons. The summed E-state index contributed by atoms with van der Waals surface area (Å²) in [6, 6.07) is 0. The maximum absolute atomic E-state index is 8.26. The zero-order chi connectivity index (χ0) is 66.2. The van der Waals surface area contributed by atoms with E-state index >= 15 is 0 Å². The summed E-state index contributed by atoms with van der Waals surface area (Å²) < 4.78 is 27.5. The van der Waals surface area contributed by atoms with Gasteiger partial charge in [0.1, 0.15) is 0 Å². The SMILES string of the molecule is CCCCCCCCN(CCCCCCCC)C(=S)[S-].CCCCCCCCN(CCCCCCCC)C(=S)[S-].CCCCCCCCN(CCCCCCCC)C(=S)[S-].CCCCCCCCN(CCCCCCCC)C(=S)[S-].[O]=[Mo+4].[O]=[Mo+4].[O]=[Mo+4].[S-2].[S-2].[S-2].[S-2]. The van der Waals surface area contributed by atoms with Crippen molar-refractivity contribution in [1.29, 1.82) is 0 Å². The minimum absolute atomic E-state index is 0. The maximum atomic E-state index is 8.26. The summed E-state index contributed by atoms with van der Waals surface area (Å²) in [5.74, 6) is 0. The third kappa shape index (κ3) is 107. The van der Waals surface area contributed by atoms with E-state index in [4.69, 9.17) is 110 Å². The van der Waals surface area contributed by atoms with Crippen LogP contribution in [0.25, 0.3) is 0 Å². The molecule has 0 N–H and O–H groups in total. The number of unbranched alkanes of at least 4 members (excludes halogenated alkanes) is 40. The normalized spacial score (nSPS) is 9.71. The predicted molar refractivity (Wildman–Crippen MR) is 425 cm³/mol. The summed E-state index contributed by atoms with van der Waals surface area (Å²) in [4.78, 5) is 8.96. The van der Waals surface area contributed by atoms with Crippen LogP contribution in [0.3, 0.4) is 0 Å². The third-order valence-electron chi connectivity index (χ3n) is 15.3. The Hall–Kier alpha value is 3.30. The second kappa shape index (κ2) is 111. The van der Waals surface area contributed by atoms with Crippen LogP contribution in [0.1, 0.15) is 364 Å². The number of rotatable bonds is 56. The Morgan fingerprint density at radius 2 is 0.278 bits per heavy atom. The van der Waals surface area contributed by atoms with Gasteiger partial charge in [0.05, 0.1) is 0 Å². The Morgan fingerprint density at radius 1 is 0.200 bits per heavy atom. The van der Waals surface area contributed by atoms with Gasteiger partial charge in [0.15, 0.2) is 0 Å². The Balaban J connectivity index is -0.0000000983. The molecule has 0 aromatic rings. The van der Waals surface area contributed by atoms with E-state index in [1.807, 2.05) is 0 Å². The van der Waals surface area contributed by atoms with E-state index in [0.717, 1.165) is 52.4 Å². The van der Waals surface area contributed by atoms with Crippen molar-refractivity contribution in [3.8, 4) is 0 Å². The fourth-order valence-electron chi connectivity index (χ4n) is 9.84. The van der Waals surface area contributed by atoms with Gasteiger partial charge in [-0.2, -0.15) is 0 Å². The minimum Gasteiger partial charge on any atom is -2.00 e. The summed E-state index contributed by atoms with van der Waals surface area (Å²) in [5.41, 5.74) is 0. The van der Waals surface area contributed by atoms with Gasteiger partial charge in [-0.05, 0) is 51.4 Å². The van der Waals surface area contributed by atoms with Crippen molar-refractivity contribution < 1.29 is 69.5 Å². The zero-order valence-corrected chi connectivity index (χ0v) is 74.6. The first-order chi connectivity index (χ1) is 41.9. The molecule has 0 radical (unpaired) electrons. The van der Waals surface area contributed by atoms with Crippen LogP contribution in [-0.2, 0) is 174 Å². The fraction of sp³-hybridized carbons (Fsp3) is 0.941. The molecule has 0 heterocycles. The summed E-state index contributed by atoms with van der Waals surface area (Å²) in [6.45, 7) is 26.7. The second-order valence-electron chi connectivity index (χ2n) is 23.2. The van der Waals surface area contributed by atoms with Crippen LogP contribution in [0.2, 0.25) is 0 Å². The molecule has 0 aromatic heterocycles. The first-order valence-corrected chi connectivity index (χ1v) is 40.9. The number of hydrogen-bond donors (Lipinski definition) is 0. The van der Waals surface area contributed by atoms with Crippen LogP contribution >= 0.6 is 48.9 Å². The molecule has 0 spiro atoms. The topological polar surface area (TPSA) is 64.2 Å². The molecular weight excluding hydrogens is 1590 g/mol. The van der Waals surface area contributed by atoms with Crippen LogP contribution in [0.15, 0.2) is 0 Å². The van der Waals surface area contributed by atoms with Crippen molar-refractivity contribution in [2.45, 2.75) is 364 Å². The second-order valence-corrected chi connectivity index (χ2v) is 27.3. The monoisotopic (exact) mass is 1730 g/mol. The molecule has 7 nitrogen and oxygen atoms in total. The predicted octanol–water partition coefficient (Wildman–Crippen LogP) is 23.0. The fourth-order valence-corrected chi connectivity index (χ4v) is 11.3. The van der Waals surface area contributed by atoms with E-state index < -0.39 is 0 Å². The van der Waals surface area contributed by atoms with Crippen LogP contribution in [0, 0.1) is 0 Å². The molecule has 90 heavy (non-hydrogen) atoms. The summed E-state index contributed by atoms with van der Waals surface area (Å²) in [7, 11) is 0. The van der Waals surface area contributed by atoms with Crippen molar-refractivity contribution in [3.63, 3.8) is 0 Å². The third-order valence-corrected chi connectivity index (χ3v) is 17.4. The molecule has 0 amide bonds. The molecule has 0 aliphatic heterocycles. The van der Waals surface area contributed by atoms with E-state index in [1.54, 1.807) is 0 Å². The summed E-state index contributed by atoms with van der Waals surface area (Å²) >= 11 is 43.7. The van der Waals surface area contributed by atoms with Crippen molar-refractivity contribution in [2.24, 2.45) is 0 Å². The first-order valence-electron chi connectivity index (χ1n) is 35.2. The standard InChI is InChI=1S/4C17H35NS2.3Mo.3O.4S/c4*1-3-5-7-9-11-13-15-18(17(19)20)16-14-12-10-8-6-4-2;;;;;;;;;;/h4*3-16H2,1-2H3,(H,19,20);;;;;;;;;;/q;;;;3*+4;;;;4*-2/p-4. The molecule has 0 atom stereocenters. The average molecular weight is 1730 g/mol. The van der Waals surface area contributed by atoms with Gasteiger partial charge in [0.25, 0.3) is 0 Å². The molecular formula is C68H136Mo3N4O3S12. The molecule has 22 heteroatoms. The number of thiocarbonyl (C=S) groups is 4. The minimum atomic E-state index is 0. The Kier molecular flexibility index (Phi) is 145. The van der Waals surface area contributed by atoms with Crippen LogP contribution in [0.5, 0.6) is 0 Å². The van der Waals surface area contributed by atoms with Crippen LogP contribution < -0.4 is 0 Å². The smallest absolute Gasteiger partial charge is 2.00 e. The van der Waals surface area contributed by atoms with Gasteiger partial charge in [-0.3, -0.25) is 0 Å². The molecule has 0 rings (SSSR count). The average Bonchev–Trinajstić information content (AvgIpc) is 3.59. The molecule has 0 aliphatic carbocycles. The van der Waals surface area contributed by atoms with Gasteiger partial charge < -0.3 is 173 Å². The van der Waals surface area contributed by atoms with Gasteiger partial charge in [-0.15, -0.1) is 0 Å². The van der Waals surface area contributed by atoms with Crippen LogP contribution in [-0.4, -0.2) is 89.2 Å². The van der Waals surface area contributed by atoms with Gasteiger partial charge in [-0.25, -0.2) is 0 Å². The van der Waals surface area contributed by atoms with E-state index in [1.165, 1.54) is 308 Å². The van der Waals surface area contributed by atoms with Gasteiger partial charge in [-0.1, -0.05) is 330 Å². The number of nitrogens with zero attached hydrogens (tertiary/aromatic N) is 4. The molecule has 0 unspecified atom stereocenters. The van der Waals surface area contributed by atoms with Crippen molar-refractivity contribution in [2.75, 3.05) is 52.4 Å². The molecule has 0 aromatic carbocycles. The van der Waals surface area contributed by atoms with Crippen molar-refractivity contribution in [3.05, 3.63) is 0 Å². The quantitative estimate of drug-likeness (QED) is 0.0251. The molecule has 0 saturated carbocycles. The molecule has 0 aliphatic rings. The van der Waals surface area contributed by atoms with E-state index in [0.29, 0.717) is 76.6 Å². The Bertz CT molecular complexity index is 1090. The maximum Gasteiger partial charge on any atom is -2.00 e. The van der Waals surface area contributed by atoms with Crippen LogP contribution in [0.4, 0.5) is 0 Å². The van der Waals surface area contributed by atoms with Gasteiger partial charge in [0, 0.05) is 52.4 Å². The molecule has 0 saturated heterocycles. The van der Waals surface area contributed by atoms with Gasteiger partial charge in [0.2, 0.25) is 0 Å². The van der Waals surface area contributed by atoms with E-state index in [2.05, 4.69) is 75.0 Å². The zero-order valence-electron chi connectivity index (χ0n) is 58.7. The van der Waals surface area contributed by atoms with E-state index in [9.17, 15) is 0 Å². The molecule has 0 bridgehead atoms. The summed E-state index contributed by atoms with van der Waals surface area (Å²) in [5, 5.41) is 0. The summed E-state index contributed by atoms with van der Waals surface area (Å²) in [6.07, 6.45) is 64.1. The Labute approximate surface area is 668 Å². The van der Waals surface area contributed by atoms with Crippen molar-refractivity contribution >= 4 is 171 Å². The van der Waals surface area contributed by atoms with Gasteiger partial charge >= 0.3 is 69.5 Å².